The van der Waals surface area contributed by atoms with E-state index in [9.17, 15) is 5.11 Å². The molecule has 0 spiro atoms. The molecule has 6 heteroatoms. The Morgan fingerprint density at radius 3 is 1.52 bits per heavy atom. The number of nitrogens with zero attached hydrogens (tertiary/aromatic N) is 2. The number of β-amino-alcohol motifs (C(OH)–C–C–N with tert-alkyl or cyclic N) is 1. The van der Waals surface area contributed by atoms with E-state index in [-0.39, 0.29) is 13.2 Å². The molecule has 168 valence electrons. The highest BCUT2D eigenvalue weighted by molar-refractivity contribution is 4.65. The van der Waals surface area contributed by atoms with Crippen molar-refractivity contribution in [3.63, 3.8) is 0 Å². The third kappa shape index (κ3) is 25.8. The summed E-state index contributed by atoms with van der Waals surface area (Å²) in [5, 5.41) is 23.8. The monoisotopic (exact) mass is 392 g/mol. The van der Waals surface area contributed by atoms with Crippen LogP contribution >= 0.6 is 0 Å². The van der Waals surface area contributed by atoms with Crippen LogP contribution in [0.5, 0.6) is 0 Å². The normalized spacial score (nSPS) is 18.2. The number of hydrogen-bond donors (Lipinski definition) is 4. The quantitative estimate of drug-likeness (QED) is 0.589. The second-order valence-electron chi connectivity index (χ2n) is 5.88. The molecule has 0 amide bonds. The molecule has 1 rings (SSSR count). The summed E-state index contributed by atoms with van der Waals surface area (Å²) in [6.45, 7) is 23.2. The Kier molecular flexibility index (Phi) is 35.5. The van der Waals surface area contributed by atoms with E-state index in [2.05, 4.69) is 27.4 Å². The molecule has 1 aliphatic heterocycles. The molecule has 6 nitrogen and oxygen atoms in total. The van der Waals surface area contributed by atoms with E-state index in [1.807, 2.05) is 27.7 Å². The Hall–Kier alpha value is -0.240. The maximum Gasteiger partial charge on any atom is 0.0558 e. The van der Waals surface area contributed by atoms with Gasteiger partial charge in [-0.2, -0.15) is 0 Å². The van der Waals surface area contributed by atoms with Gasteiger partial charge >= 0.3 is 0 Å². The topological polar surface area (TPSA) is 71.0 Å². The molecule has 0 unspecified atom stereocenters. The maximum absolute atomic E-state index is 9.17. The molecule has 0 aromatic rings. The SMILES string of the molecule is CC.CC.CCN1CCCNCCCNCCCN(CCO)CC1.CCO. The number of likely N-dealkylation sites (N-methyl/N-ethyl adjacent to an activating group) is 1. The summed E-state index contributed by atoms with van der Waals surface area (Å²) in [5.41, 5.74) is 0. The molecule has 0 aromatic carbocycles. The molecule has 0 aromatic heterocycles. The fourth-order valence-corrected chi connectivity index (χ4v) is 2.63. The van der Waals surface area contributed by atoms with E-state index in [4.69, 9.17) is 5.11 Å². The van der Waals surface area contributed by atoms with Crippen molar-refractivity contribution >= 4 is 0 Å². The van der Waals surface area contributed by atoms with Crippen LogP contribution in [0.3, 0.4) is 0 Å². The predicted molar refractivity (Wildman–Crippen MR) is 121 cm³/mol. The molecule has 0 bridgehead atoms. The van der Waals surface area contributed by atoms with Crippen LogP contribution in [0, 0.1) is 0 Å². The van der Waals surface area contributed by atoms with Crippen molar-refractivity contribution in [2.24, 2.45) is 0 Å². The van der Waals surface area contributed by atoms with Gasteiger partial charge in [0.25, 0.3) is 0 Å². The molecular formula is C21H52N4O2. The van der Waals surface area contributed by atoms with Gasteiger partial charge in [0.1, 0.15) is 0 Å². The van der Waals surface area contributed by atoms with Crippen LogP contribution in [-0.2, 0) is 0 Å². The molecular weight excluding hydrogens is 340 g/mol. The van der Waals surface area contributed by atoms with Gasteiger partial charge in [-0.15, -0.1) is 0 Å². The molecule has 1 fully saturated rings. The average molecular weight is 393 g/mol. The van der Waals surface area contributed by atoms with E-state index in [0.29, 0.717) is 0 Å². The van der Waals surface area contributed by atoms with Crippen LogP contribution in [0.2, 0.25) is 0 Å². The molecule has 27 heavy (non-hydrogen) atoms. The molecule has 1 heterocycles. The summed E-state index contributed by atoms with van der Waals surface area (Å²) in [5.74, 6) is 0. The fraction of sp³-hybridized carbons (Fsp3) is 1.00. The predicted octanol–water partition coefficient (Wildman–Crippen LogP) is 2.02. The van der Waals surface area contributed by atoms with Gasteiger partial charge in [0, 0.05) is 26.2 Å². The largest absolute Gasteiger partial charge is 0.397 e. The Morgan fingerprint density at radius 1 is 0.667 bits per heavy atom. The summed E-state index contributed by atoms with van der Waals surface area (Å²) in [6.07, 6.45) is 3.60. The second kappa shape index (κ2) is 30.5. The van der Waals surface area contributed by atoms with Crippen LogP contribution in [0.25, 0.3) is 0 Å². The molecule has 0 atom stereocenters. The van der Waals surface area contributed by atoms with Gasteiger partial charge in [-0.3, -0.25) is 4.90 Å². The van der Waals surface area contributed by atoms with Crippen molar-refractivity contribution in [3.05, 3.63) is 0 Å². The van der Waals surface area contributed by atoms with E-state index in [1.54, 1.807) is 6.92 Å². The minimum absolute atomic E-state index is 0.250. The van der Waals surface area contributed by atoms with Gasteiger partial charge in [0.15, 0.2) is 0 Å². The van der Waals surface area contributed by atoms with Crippen molar-refractivity contribution in [2.75, 3.05) is 78.7 Å². The molecule has 4 N–H and O–H groups in total. The van der Waals surface area contributed by atoms with Crippen molar-refractivity contribution < 1.29 is 10.2 Å². The third-order valence-electron chi connectivity index (χ3n) is 3.96. The first-order valence-corrected chi connectivity index (χ1v) is 11.4. The molecule has 1 saturated heterocycles. The zero-order valence-corrected chi connectivity index (χ0v) is 19.4. The summed E-state index contributed by atoms with van der Waals surface area (Å²) < 4.78 is 0. The smallest absolute Gasteiger partial charge is 0.0558 e. The highest BCUT2D eigenvalue weighted by atomic mass is 16.3. The van der Waals surface area contributed by atoms with Gasteiger partial charge in [0.05, 0.1) is 6.61 Å². The molecule has 1 aliphatic rings. The molecule has 0 saturated carbocycles. The Bertz CT molecular complexity index is 234. The van der Waals surface area contributed by atoms with Crippen molar-refractivity contribution in [2.45, 2.75) is 60.8 Å². The first-order chi connectivity index (χ1) is 13.3. The molecule has 0 radical (unpaired) electrons. The van der Waals surface area contributed by atoms with Crippen molar-refractivity contribution in [1.29, 1.82) is 0 Å². The van der Waals surface area contributed by atoms with Gasteiger partial charge in [-0.25, -0.2) is 0 Å². The van der Waals surface area contributed by atoms with E-state index < -0.39 is 0 Å². The summed E-state index contributed by atoms with van der Waals surface area (Å²) in [4.78, 5) is 4.91. The second-order valence-corrected chi connectivity index (χ2v) is 5.88. The van der Waals surface area contributed by atoms with Crippen molar-refractivity contribution in [1.82, 2.24) is 20.4 Å². The molecule has 0 aliphatic carbocycles. The highest BCUT2D eigenvalue weighted by Gasteiger charge is 2.08. The van der Waals surface area contributed by atoms with Gasteiger partial charge in [0.2, 0.25) is 0 Å². The van der Waals surface area contributed by atoms with Gasteiger partial charge in [-0.1, -0.05) is 34.6 Å². The standard InChI is InChI=1S/C15H34N4O.C2H6O.2C2H6/c1-2-18-10-4-8-16-6-3-7-17-9-5-11-19(13-12-18)14-15-20;1-2-3;2*1-2/h16-17,20H,2-15H2,1H3;3H,2H2,1H3;2*1-2H3. The Morgan fingerprint density at radius 2 is 1.07 bits per heavy atom. The summed E-state index contributed by atoms with van der Waals surface area (Å²) in [6, 6.07) is 0. The lowest BCUT2D eigenvalue weighted by atomic mass is 10.3. The summed E-state index contributed by atoms with van der Waals surface area (Å²) >= 11 is 0. The third-order valence-corrected chi connectivity index (χ3v) is 3.96. The lowest BCUT2D eigenvalue weighted by Crippen LogP contribution is -2.38. The number of nitrogens with one attached hydrogen (secondary N) is 2. The summed E-state index contributed by atoms with van der Waals surface area (Å²) in [7, 11) is 0. The fourth-order valence-electron chi connectivity index (χ4n) is 2.63. The number of aliphatic hydroxyl groups is 2. The number of rotatable bonds is 3. The Labute approximate surface area is 170 Å². The first-order valence-electron chi connectivity index (χ1n) is 11.4. The number of hydrogen-bond acceptors (Lipinski definition) is 6. The van der Waals surface area contributed by atoms with E-state index >= 15 is 0 Å². The minimum Gasteiger partial charge on any atom is -0.397 e. The van der Waals surface area contributed by atoms with Crippen LogP contribution in [0.15, 0.2) is 0 Å². The van der Waals surface area contributed by atoms with Crippen LogP contribution < -0.4 is 10.6 Å². The van der Waals surface area contributed by atoms with Crippen LogP contribution in [0.4, 0.5) is 0 Å². The van der Waals surface area contributed by atoms with Crippen molar-refractivity contribution in [3.8, 4) is 0 Å². The zero-order chi connectivity index (χ0) is 21.2. The van der Waals surface area contributed by atoms with E-state index in [0.717, 1.165) is 58.9 Å². The maximum atomic E-state index is 9.17. The van der Waals surface area contributed by atoms with Gasteiger partial charge < -0.3 is 25.7 Å². The van der Waals surface area contributed by atoms with Crippen LogP contribution in [-0.4, -0.2) is 98.7 Å². The number of aliphatic hydroxyl groups excluding tert-OH is 2. The lowest BCUT2D eigenvalue weighted by molar-refractivity contribution is 0.168. The Balaban J connectivity index is -0.000000725. The first kappa shape index (κ1) is 31.5. The minimum atomic E-state index is 0.250. The highest BCUT2D eigenvalue weighted by Crippen LogP contribution is 1.96. The average Bonchev–Trinajstić information content (AvgIpc) is 2.72. The van der Waals surface area contributed by atoms with E-state index in [1.165, 1.54) is 25.8 Å². The van der Waals surface area contributed by atoms with Crippen LogP contribution in [0.1, 0.15) is 60.8 Å². The zero-order valence-electron chi connectivity index (χ0n) is 19.4. The lowest BCUT2D eigenvalue weighted by Gasteiger charge is -2.26. The van der Waals surface area contributed by atoms with Gasteiger partial charge in [-0.05, 0) is 72.0 Å².